The summed E-state index contributed by atoms with van der Waals surface area (Å²) < 4.78 is 27.0. The van der Waals surface area contributed by atoms with Gasteiger partial charge in [0.15, 0.2) is 0 Å². The van der Waals surface area contributed by atoms with Crippen LogP contribution in [-0.4, -0.2) is 10.1 Å². The van der Waals surface area contributed by atoms with Gasteiger partial charge in [-0.3, -0.25) is 4.98 Å². The highest BCUT2D eigenvalue weighted by Gasteiger charge is 2.18. The van der Waals surface area contributed by atoms with Gasteiger partial charge in [-0.15, -0.1) is 0 Å². The van der Waals surface area contributed by atoms with E-state index >= 15 is 0 Å². The van der Waals surface area contributed by atoms with Crippen LogP contribution < -0.4 is 0 Å². The fraction of sp³-hybridized carbons (Fsp3) is 0.0625. The van der Waals surface area contributed by atoms with Crippen molar-refractivity contribution in [1.29, 1.82) is 0 Å². The molecule has 0 aliphatic carbocycles. The van der Waals surface area contributed by atoms with Crippen LogP contribution >= 0.6 is 0 Å². The molecule has 0 saturated carbocycles. The lowest BCUT2D eigenvalue weighted by atomic mass is 9.98. The van der Waals surface area contributed by atoms with Gasteiger partial charge in [-0.25, -0.2) is 8.78 Å². The molecule has 2 nitrogen and oxygen atoms in total. The molecule has 1 N–H and O–H groups in total. The lowest BCUT2D eigenvalue weighted by molar-refractivity contribution is 0.216. The lowest BCUT2D eigenvalue weighted by Crippen LogP contribution is -2.04. The second kappa shape index (κ2) is 4.98. The van der Waals surface area contributed by atoms with Crippen molar-refractivity contribution >= 4 is 10.9 Å². The lowest BCUT2D eigenvalue weighted by Gasteiger charge is -2.14. The van der Waals surface area contributed by atoms with Crippen LogP contribution in [0.3, 0.4) is 0 Å². The summed E-state index contributed by atoms with van der Waals surface area (Å²) in [5, 5.41) is 11.1. The molecule has 3 aromatic rings. The second-order valence-electron chi connectivity index (χ2n) is 4.49. The van der Waals surface area contributed by atoms with Crippen LogP contribution in [0.25, 0.3) is 10.9 Å². The fourth-order valence-corrected chi connectivity index (χ4v) is 2.25. The summed E-state index contributed by atoms with van der Waals surface area (Å²) in [6, 6.07) is 11.9. The predicted octanol–water partition coefficient (Wildman–Crippen LogP) is 3.59. The average molecular weight is 271 g/mol. The molecule has 20 heavy (non-hydrogen) atoms. The van der Waals surface area contributed by atoms with Gasteiger partial charge < -0.3 is 5.11 Å². The molecule has 0 saturated heterocycles. The van der Waals surface area contributed by atoms with E-state index in [2.05, 4.69) is 4.98 Å². The first-order valence-electron chi connectivity index (χ1n) is 6.13. The van der Waals surface area contributed by atoms with Crippen LogP contribution in [0.5, 0.6) is 0 Å². The van der Waals surface area contributed by atoms with Crippen molar-refractivity contribution < 1.29 is 13.9 Å². The molecule has 4 heteroatoms. The number of aromatic nitrogens is 1. The number of pyridine rings is 1. The molecule has 0 spiro atoms. The quantitative estimate of drug-likeness (QED) is 0.772. The smallest absolute Gasteiger partial charge is 0.129 e. The SMILES string of the molecule is OC(c1cc(F)ccc1F)c1ccnc2ccccc12. The molecule has 0 bridgehead atoms. The van der Waals surface area contributed by atoms with Crippen LogP contribution in [0.1, 0.15) is 17.2 Å². The molecule has 1 heterocycles. The number of fused-ring (bicyclic) bond motifs is 1. The zero-order valence-electron chi connectivity index (χ0n) is 10.4. The molecule has 3 rings (SSSR count). The summed E-state index contributed by atoms with van der Waals surface area (Å²) in [4.78, 5) is 4.18. The van der Waals surface area contributed by atoms with E-state index in [4.69, 9.17) is 0 Å². The molecular formula is C16H11F2NO. The summed E-state index contributed by atoms with van der Waals surface area (Å²) in [7, 11) is 0. The number of aliphatic hydroxyl groups excluding tert-OH is 1. The summed E-state index contributed by atoms with van der Waals surface area (Å²) in [6.45, 7) is 0. The topological polar surface area (TPSA) is 33.1 Å². The minimum absolute atomic E-state index is 0.0821. The Morgan fingerprint density at radius 1 is 0.950 bits per heavy atom. The molecule has 0 radical (unpaired) electrons. The number of halogens is 2. The summed E-state index contributed by atoms with van der Waals surface area (Å²) in [5.74, 6) is -1.22. The number of rotatable bonds is 2. The number of hydrogen-bond donors (Lipinski definition) is 1. The normalized spacial score (nSPS) is 12.6. The van der Waals surface area contributed by atoms with E-state index in [0.717, 1.165) is 18.2 Å². The summed E-state index contributed by atoms with van der Waals surface area (Å²) in [5.41, 5.74) is 1.11. The van der Waals surface area contributed by atoms with Crippen molar-refractivity contribution in [3.05, 3.63) is 77.5 Å². The molecule has 1 atom stereocenters. The maximum Gasteiger partial charge on any atom is 0.129 e. The Labute approximate surface area is 114 Å². The van der Waals surface area contributed by atoms with Gasteiger partial charge in [0.25, 0.3) is 0 Å². The Balaban J connectivity index is 2.17. The largest absolute Gasteiger partial charge is 0.384 e. The zero-order valence-corrected chi connectivity index (χ0v) is 10.4. The van der Waals surface area contributed by atoms with Crippen molar-refractivity contribution in [3.8, 4) is 0 Å². The second-order valence-corrected chi connectivity index (χ2v) is 4.49. The molecule has 1 aromatic heterocycles. The molecule has 1 unspecified atom stereocenters. The van der Waals surface area contributed by atoms with Gasteiger partial charge in [-0.1, -0.05) is 18.2 Å². The zero-order chi connectivity index (χ0) is 14.1. The third kappa shape index (κ3) is 2.14. The maximum atomic E-state index is 13.8. The summed E-state index contributed by atoms with van der Waals surface area (Å²) in [6.07, 6.45) is 0.302. The van der Waals surface area contributed by atoms with Crippen molar-refractivity contribution in [2.75, 3.05) is 0 Å². The fourth-order valence-electron chi connectivity index (χ4n) is 2.25. The molecule has 0 fully saturated rings. The Kier molecular flexibility index (Phi) is 3.16. The van der Waals surface area contributed by atoms with Gasteiger partial charge in [0, 0.05) is 17.1 Å². The number of aliphatic hydroxyl groups is 1. The minimum atomic E-state index is -1.24. The van der Waals surface area contributed by atoms with Crippen molar-refractivity contribution in [1.82, 2.24) is 4.98 Å². The first kappa shape index (κ1) is 12.7. The first-order valence-corrected chi connectivity index (χ1v) is 6.13. The van der Waals surface area contributed by atoms with E-state index in [1.165, 1.54) is 6.20 Å². The maximum absolute atomic E-state index is 13.8. The predicted molar refractivity (Wildman–Crippen MR) is 72.2 cm³/mol. The number of benzene rings is 2. The molecule has 0 aliphatic heterocycles. The van der Waals surface area contributed by atoms with Gasteiger partial charge in [0.05, 0.1) is 5.52 Å². The van der Waals surface area contributed by atoms with E-state index < -0.39 is 17.7 Å². The van der Waals surface area contributed by atoms with E-state index in [0.29, 0.717) is 16.5 Å². The van der Waals surface area contributed by atoms with Gasteiger partial charge in [0.2, 0.25) is 0 Å². The van der Waals surface area contributed by atoms with E-state index in [9.17, 15) is 13.9 Å². The van der Waals surface area contributed by atoms with Crippen molar-refractivity contribution in [3.63, 3.8) is 0 Å². The van der Waals surface area contributed by atoms with Crippen molar-refractivity contribution in [2.24, 2.45) is 0 Å². The van der Waals surface area contributed by atoms with E-state index in [1.54, 1.807) is 18.2 Å². The minimum Gasteiger partial charge on any atom is -0.384 e. The Morgan fingerprint density at radius 3 is 2.60 bits per heavy atom. The standard InChI is InChI=1S/C16H11F2NO/c17-10-5-6-14(18)13(9-10)16(20)12-7-8-19-15-4-2-1-3-11(12)15/h1-9,16,20H. The van der Waals surface area contributed by atoms with Gasteiger partial charge in [0.1, 0.15) is 17.7 Å². The Morgan fingerprint density at radius 2 is 1.75 bits per heavy atom. The molecular weight excluding hydrogens is 260 g/mol. The molecule has 100 valence electrons. The highest BCUT2D eigenvalue weighted by atomic mass is 19.1. The Hall–Kier alpha value is -2.33. The van der Waals surface area contributed by atoms with E-state index in [-0.39, 0.29) is 5.56 Å². The van der Waals surface area contributed by atoms with E-state index in [1.807, 2.05) is 12.1 Å². The van der Waals surface area contributed by atoms with Crippen LogP contribution in [-0.2, 0) is 0 Å². The first-order chi connectivity index (χ1) is 9.66. The van der Waals surface area contributed by atoms with Crippen LogP contribution in [0.2, 0.25) is 0 Å². The molecule has 0 amide bonds. The molecule has 0 aliphatic rings. The average Bonchev–Trinajstić information content (AvgIpc) is 2.48. The van der Waals surface area contributed by atoms with Crippen LogP contribution in [0.15, 0.2) is 54.7 Å². The van der Waals surface area contributed by atoms with Gasteiger partial charge in [-0.2, -0.15) is 0 Å². The van der Waals surface area contributed by atoms with Crippen LogP contribution in [0, 0.1) is 11.6 Å². The third-order valence-electron chi connectivity index (χ3n) is 3.23. The molecule has 2 aromatic carbocycles. The number of hydrogen-bond acceptors (Lipinski definition) is 2. The van der Waals surface area contributed by atoms with Crippen LogP contribution in [0.4, 0.5) is 8.78 Å². The highest BCUT2D eigenvalue weighted by Crippen LogP contribution is 2.29. The monoisotopic (exact) mass is 271 g/mol. The number of nitrogens with zero attached hydrogens (tertiary/aromatic N) is 1. The Bertz CT molecular complexity index is 768. The summed E-state index contributed by atoms with van der Waals surface area (Å²) >= 11 is 0. The number of para-hydroxylation sites is 1. The van der Waals surface area contributed by atoms with Gasteiger partial charge in [-0.05, 0) is 35.9 Å². The highest BCUT2D eigenvalue weighted by molar-refractivity contribution is 5.82. The van der Waals surface area contributed by atoms with Gasteiger partial charge >= 0.3 is 0 Å². The third-order valence-corrected chi connectivity index (χ3v) is 3.23. The van der Waals surface area contributed by atoms with Crippen molar-refractivity contribution in [2.45, 2.75) is 6.10 Å².